The minimum absolute atomic E-state index is 0.0288. The Bertz CT molecular complexity index is 754. The van der Waals surface area contributed by atoms with Crippen LogP contribution in [0.2, 0.25) is 0 Å². The summed E-state index contributed by atoms with van der Waals surface area (Å²) in [7, 11) is 0. The van der Waals surface area contributed by atoms with Gasteiger partial charge in [-0.2, -0.15) is 0 Å². The summed E-state index contributed by atoms with van der Waals surface area (Å²) < 4.78 is 0. The van der Waals surface area contributed by atoms with Crippen molar-refractivity contribution < 1.29 is 4.79 Å². The van der Waals surface area contributed by atoms with Gasteiger partial charge in [0.25, 0.3) is 5.91 Å². The van der Waals surface area contributed by atoms with E-state index in [4.69, 9.17) is 5.73 Å². The predicted octanol–water partition coefficient (Wildman–Crippen LogP) is 1.73. The standard InChI is InChI=1S/C16H21N5OS/c1-10-8-19-15-14(10)12(3-4-18-15)21-5-6-23-13(9-21)16(22)20-11(2)7-17/h3-4,8-9,11H,5-7,17H2,1-2H3,(H,18,19)(H,20,22). The van der Waals surface area contributed by atoms with Crippen LogP contribution in [-0.4, -0.2) is 40.8 Å². The molecule has 0 saturated carbocycles. The van der Waals surface area contributed by atoms with Crippen molar-refractivity contribution in [3.8, 4) is 0 Å². The summed E-state index contributed by atoms with van der Waals surface area (Å²) in [5.74, 6) is 0.803. The summed E-state index contributed by atoms with van der Waals surface area (Å²) in [5.41, 5.74) is 8.67. The number of hydrogen-bond donors (Lipinski definition) is 3. The number of anilines is 1. The van der Waals surface area contributed by atoms with Crippen LogP contribution in [0.3, 0.4) is 0 Å². The van der Waals surface area contributed by atoms with Gasteiger partial charge < -0.3 is 20.9 Å². The Labute approximate surface area is 139 Å². The molecule has 1 aliphatic rings. The van der Waals surface area contributed by atoms with Crippen LogP contribution in [-0.2, 0) is 4.79 Å². The lowest BCUT2D eigenvalue weighted by Gasteiger charge is -2.27. The number of nitrogens with two attached hydrogens (primary N) is 1. The molecule has 0 aromatic carbocycles. The van der Waals surface area contributed by atoms with Gasteiger partial charge in [0.1, 0.15) is 5.65 Å². The molecule has 0 saturated heterocycles. The van der Waals surface area contributed by atoms with Crippen LogP contribution < -0.4 is 16.0 Å². The number of H-pyrrole nitrogens is 1. The molecule has 1 unspecified atom stereocenters. The molecule has 7 heteroatoms. The molecular weight excluding hydrogens is 310 g/mol. The quantitative estimate of drug-likeness (QED) is 0.794. The van der Waals surface area contributed by atoms with E-state index in [2.05, 4.69) is 27.1 Å². The first kappa shape index (κ1) is 15.9. The van der Waals surface area contributed by atoms with Gasteiger partial charge in [0, 0.05) is 48.9 Å². The normalized spacial score (nSPS) is 16.3. The number of fused-ring (bicyclic) bond motifs is 1. The number of aryl methyl sites for hydroxylation is 1. The zero-order chi connectivity index (χ0) is 16.4. The number of rotatable bonds is 4. The van der Waals surface area contributed by atoms with Crippen LogP contribution in [0, 0.1) is 6.92 Å². The highest BCUT2D eigenvalue weighted by Crippen LogP contribution is 2.32. The lowest BCUT2D eigenvalue weighted by molar-refractivity contribution is -0.117. The third-order valence-electron chi connectivity index (χ3n) is 3.88. The number of nitrogens with zero attached hydrogens (tertiary/aromatic N) is 2. The largest absolute Gasteiger partial charge is 0.348 e. The molecule has 1 amide bonds. The van der Waals surface area contributed by atoms with Gasteiger partial charge in [-0.05, 0) is 25.5 Å². The van der Waals surface area contributed by atoms with Gasteiger partial charge in [-0.1, -0.05) is 0 Å². The maximum atomic E-state index is 12.3. The van der Waals surface area contributed by atoms with E-state index >= 15 is 0 Å². The highest BCUT2D eigenvalue weighted by atomic mass is 32.2. The fraction of sp³-hybridized carbons (Fsp3) is 0.375. The predicted molar refractivity (Wildman–Crippen MR) is 95.4 cm³/mol. The van der Waals surface area contributed by atoms with Gasteiger partial charge in [-0.3, -0.25) is 4.79 Å². The highest BCUT2D eigenvalue weighted by Gasteiger charge is 2.21. The molecule has 3 heterocycles. The maximum absolute atomic E-state index is 12.3. The van der Waals surface area contributed by atoms with E-state index in [1.807, 2.05) is 25.4 Å². The molecule has 4 N–H and O–H groups in total. The molecule has 0 aliphatic carbocycles. The smallest absolute Gasteiger partial charge is 0.259 e. The van der Waals surface area contributed by atoms with Crippen molar-refractivity contribution in [3.05, 3.63) is 35.1 Å². The zero-order valence-corrected chi connectivity index (χ0v) is 14.1. The number of carbonyl (C=O) groups is 1. The Kier molecular flexibility index (Phi) is 4.58. The average molecular weight is 331 g/mol. The van der Waals surface area contributed by atoms with Crippen molar-refractivity contribution >= 4 is 34.4 Å². The van der Waals surface area contributed by atoms with Gasteiger partial charge in [0.15, 0.2) is 0 Å². The third kappa shape index (κ3) is 3.20. The van der Waals surface area contributed by atoms with E-state index in [1.165, 1.54) is 0 Å². The van der Waals surface area contributed by atoms with Crippen molar-refractivity contribution in [3.63, 3.8) is 0 Å². The van der Waals surface area contributed by atoms with Gasteiger partial charge in [-0.15, -0.1) is 11.8 Å². The number of thioether (sulfide) groups is 1. The van der Waals surface area contributed by atoms with Crippen molar-refractivity contribution in [1.29, 1.82) is 0 Å². The molecule has 6 nitrogen and oxygen atoms in total. The molecule has 122 valence electrons. The number of amides is 1. The first-order chi connectivity index (χ1) is 11.1. The van der Waals surface area contributed by atoms with Crippen LogP contribution in [0.1, 0.15) is 12.5 Å². The molecule has 0 bridgehead atoms. The summed E-state index contributed by atoms with van der Waals surface area (Å²) >= 11 is 1.58. The van der Waals surface area contributed by atoms with Crippen LogP contribution in [0.15, 0.2) is 29.6 Å². The topological polar surface area (TPSA) is 87.0 Å². The molecule has 2 aromatic heterocycles. The lowest BCUT2D eigenvalue weighted by Crippen LogP contribution is -2.39. The summed E-state index contributed by atoms with van der Waals surface area (Å²) in [5, 5.41) is 4.02. The number of aromatic amines is 1. The Morgan fingerprint density at radius 2 is 2.43 bits per heavy atom. The second-order valence-corrected chi connectivity index (χ2v) is 6.81. The summed E-state index contributed by atoms with van der Waals surface area (Å²) in [6, 6.07) is 1.96. The number of aromatic nitrogens is 2. The van der Waals surface area contributed by atoms with Gasteiger partial charge >= 0.3 is 0 Å². The Balaban J connectivity index is 1.91. The monoisotopic (exact) mass is 331 g/mol. The van der Waals surface area contributed by atoms with Gasteiger partial charge in [0.05, 0.1) is 10.6 Å². The molecule has 0 fully saturated rings. The first-order valence-electron chi connectivity index (χ1n) is 7.65. The van der Waals surface area contributed by atoms with E-state index in [-0.39, 0.29) is 11.9 Å². The summed E-state index contributed by atoms with van der Waals surface area (Å²) in [4.78, 5) is 22.7. The maximum Gasteiger partial charge on any atom is 0.259 e. The summed E-state index contributed by atoms with van der Waals surface area (Å²) in [6.45, 7) is 5.25. The average Bonchev–Trinajstić information content (AvgIpc) is 2.96. The highest BCUT2D eigenvalue weighted by molar-refractivity contribution is 8.04. The van der Waals surface area contributed by atoms with E-state index < -0.39 is 0 Å². The van der Waals surface area contributed by atoms with Crippen LogP contribution in [0.5, 0.6) is 0 Å². The molecule has 1 aliphatic heterocycles. The zero-order valence-electron chi connectivity index (χ0n) is 13.3. The van der Waals surface area contributed by atoms with Crippen molar-refractivity contribution in [2.24, 2.45) is 5.73 Å². The fourth-order valence-corrected chi connectivity index (χ4v) is 3.50. The van der Waals surface area contributed by atoms with Crippen LogP contribution in [0.25, 0.3) is 11.0 Å². The molecule has 0 spiro atoms. The fourth-order valence-electron chi connectivity index (χ4n) is 2.60. The van der Waals surface area contributed by atoms with Crippen molar-refractivity contribution in [2.75, 3.05) is 23.7 Å². The molecule has 1 atom stereocenters. The molecule has 2 aromatic rings. The van der Waals surface area contributed by atoms with Gasteiger partial charge in [-0.25, -0.2) is 4.98 Å². The minimum Gasteiger partial charge on any atom is -0.348 e. The molecule has 0 radical (unpaired) electrons. The number of nitrogens with one attached hydrogen (secondary N) is 2. The lowest BCUT2D eigenvalue weighted by atomic mass is 10.2. The molecule has 23 heavy (non-hydrogen) atoms. The Hall–Kier alpha value is -1.99. The first-order valence-corrected chi connectivity index (χ1v) is 8.63. The van der Waals surface area contributed by atoms with Crippen molar-refractivity contribution in [1.82, 2.24) is 15.3 Å². The van der Waals surface area contributed by atoms with Crippen LogP contribution in [0.4, 0.5) is 5.69 Å². The van der Waals surface area contributed by atoms with Gasteiger partial charge in [0.2, 0.25) is 0 Å². The number of carbonyl (C=O) groups excluding carboxylic acids is 1. The Morgan fingerprint density at radius 3 is 3.22 bits per heavy atom. The van der Waals surface area contributed by atoms with E-state index in [9.17, 15) is 4.79 Å². The minimum atomic E-state index is -0.0614. The van der Waals surface area contributed by atoms with Crippen LogP contribution >= 0.6 is 11.8 Å². The van der Waals surface area contributed by atoms with E-state index in [1.54, 1.807) is 18.0 Å². The third-order valence-corrected chi connectivity index (χ3v) is 4.86. The van der Waals surface area contributed by atoms with E-state index in [0.29, 0.717) is 6.54 Å². The Morgan fingerprint density at radius 1 is 1.61 bits per heavy atom. The SMILES string of the molecule is Cc1c[nH]c2nccc(N3C=C(C(=O)NC(C)CN)SCC3)c12. The van der Waals surface area contributed by atoms with E-state index in [0.717, 1.165) is 39.5 Å². The second-order valence-electron chi connectivity index (χ2n) is 5.67. The van der Waals surface area contributed by atoms with Crippen molar-refractivity contribution in [2.45, 2.75) is 19.9 Å². The second kappa shape index (κ2) is 6.64. The molecular formula is C16H21N5OS. The number of hydrogen-bond acceptors (Lipinski definition) is 5. The number of pyridine rings is 1. The molecule has 3 rings (SSSR count). The summed E-state index contributed by atoms with van der Waals surface area (Å²) in [6.07, 6.45) is 5.67.